The Bertz CT molecular complexity index is 416. The van der Waals surface area contributed by atoms with Crippen molar-refractivity contribution in [3.8, 4) is 0 Å². The van der Waals surface area contributed by atoms with Crippen molar-refractivity contribution in [3.05, 3.63) is 35.9 Å². The first kappa shape index (κ1) is 15.1. The minimum atomic E-state index is 0.555. The van der Waals surface area contributed by atoms with Gasteiger partial charge < -0.3 is 5.32 Å². The molecule has 1 aliphatic heterocycles. The van der Waals surface area contributed by atoms with E-state index in [2.05, 4.69) is 54.4 Å². The number of hydrogen-bond acceptors (Lipinski definition) is 2. The van der Waals surface area contributed by atoms with Gasteiger partial charge in [0.1, 0.15) is 0 Å². The molecule has 0 radical (unpaired) electrons. The summed E-state index contributed by atoms with van der Waals surface area (Å²) in [5.41, 5.74) is 1.48. The number of nitrogens with zero attached hydrogens (tertiary/aromatic N) is 1. The molecular formula is C19H30N2. The van der Waals surface area contributed by atoms with Crippen molar-refractivity contribution in [1.82, 2.24) is 10.2 Å². The number of likely N-dealkylation sites (tertiary alicyclic amines) is 1. The lowest BCUT2D eigenvalue weighted by molar-refractivity contribution is 0.113. The van der Waals surface area contributed by atoms with E-state index in [0.29, 0.717) is 6.04 Å². The van der Waals surface area contributed by atoms with Crippen LogP contribution in [0.15, 0.2) is 30.3 Å². The predicted molar refractivity (Wildman–Crippen MR) is 89.3 cm³/mol. The largest absolute Gasteiger partial charge is 0.312 e. The van der Waals surface area contributed by atoms with Gasteiger partial charge in [0, 0.05) is 18.6 Å². The molecule has 0 aromatic heterocycles. The number of benzene rings is 1. The lowest BCUT2D eigenvalue weighted by Crippen LogP contribution is -2.42. The first-order valence-corrected chi connectivity index (χ1v) is 8.76. The number of hydrogen-bond donors (Lipinski definition) is 1. The Balaban J connectivity index is 1.64. The highest BCUT2D eigenvalue weighted by molar-refractivity contribution is 5.20. The molecule has 2 aliphatic rings. The van der Waals surface area contributed by atoms with Crippen LogP contribution in [-0.4, -0.2) is 30.6 Å². The van der Waals surface area contributed by atoms with E-state index in [1.165, 1.54) is 44.3 Å². The van der Waals surface area contributed by atoms with Crippen molar-refractivity contribution in [2.45, 2.75) is 51.6 Å². The molecule has 2 nitrogen and oxygen atoms in total. The monoisotopic (exact) mass is 286 g/mol. The van der Waals surface area contributed by atoms with Crippen molar-refractivity contribution in [1.29, 1.82) is 0 Å². The second-order valence-electron chi connectivity index (χ2n) is 7.23. The normalized spacial score (nSPS) is 22.6. The molecule has 1 aromatic carbocycles. The molecule has 1 saturated carbocycles. The third kappa shape index (κ3) is 4.08. The topological polar surface area (TPSA) is 15.3 Å². The van der Waals surface area contributed by atoms with Crippen molar-refractivity contribution in [2.24, 2.45) is 11.8 Å². The van der Waals surface area contributed by atoms with Crippen LogP contribution in [-0.2, 0) is 0 Å². The Morgan fingerprint density at radius 3 is 2.29 bits per heavy atom. The summed E-state index contributed by atoms with van der Waals surface area (Å²) in [6, 6.07) is 12.4. The third-order valence-corrected chi connectivity index (χ3v) is 5.32. The van der Waals surface area contributed by atoms with E-state index >= 15 is 0 Å². The molecule has 1 N–H and O–H groups in total. The Labute approximate surface area is 129 Å². The molecule has 3 rings (SSSR count). The van der Waals surface area contributed by atoms with Gasteiger partial charge in [-0.15, -0.1) is 0 Å². The molecule has 2 heteroatoms. The molecule has 1 heterocycles. The van der Waals surface area contributed by atoms with Gasteiger partial charge in [-0.05, 0) is 56.2 Å². The van der Waals surface area contributed by atoms with Gasteiger partial charge in [0.15, 0.2) is 0 Å². The summed E-state index contributed by atoms with van der Waals surface area (Å²) in [5.74, 6) is 1.76. The van der Waals surface area contributed by atoms with Crippen LogP contribution in [0.3, 0.4) is 0 Å². The highest BCUT2D eigenvalue weighted by Gasteiger charge is 2.29. The molecule has 1 atom stereocenters. The maximum atomic E-state index is 3.74. The molecule has 2 fully saturated rings. The van der Waals surface area contributed by atoms with Crippen LogP contribution in [0.2, 0.25) is 0 Å². The Morgan fingerprint density at radius 2 is 1.71 bits per heavy atom. The maximum Gasteiger partial charge on any atom is 0.0472 e. The van der Waals surface area contributed by atoms with E-state index in [9.17, 15) is 0 Å². The Kier molecular flexibility index (Phi) is 4.97. The molecule has 1 unspecified atom stereocenters. The van der Waals surface area contributed by atoms with Crippen LogP contribution in [0.25, 0.3) is 0 Å². The lowest BCUT2D eigenvalue weighted by Gasteiger charge is -2.39. The van der Waals surface area contributed by atoms with Gasteiger partial charge >= 0.3 is 0 Å². The van der Waals surface area contributed by atoms with Crippen molar-refractivity contribution in [2.75, 3.05) is 19.6 Å². The molecule has 1 aliphatic carbocycles. The lowest BCUT2D eigenvalue weighted by atomic mass is 9.86. The van der Waals surface area contributed by atoms with E-state index in [1.807, 2.05) is 0 Å². The second kappa shape index (κ2) is 6.93. The van der Waals surface area contributed by atoms with E-state index in [1.54, 1.807) is 0 Å². The summed E-state index contributed by atoms with van der Waals surface area (Å²) in [5, 5.41) is 3.74. The van der Waals surface area contributed by atoms with E-state index in [4.69, 9.17) is 0 Å². The van der Waals surface area contributed by atoms with Crippen LogP contribution in [0.1, 0.15) is 51.1 Å². The number of nitrogens with one attached hydrogen (secondary N) is 1. The van der Waals surface area contributed by atoms with Crippen molar-refractivity contribution in [3.63, 3.8) is 0 Å². The van der Waals surface area contributed by atoms with Gasteiger partial charge in [0.2, 0.25) is 0 Å². The van der Waals surface area contributed by atoms with Gasteiger partial charge in [-0.25, -0.2) is 0 Å². The van der Waals surface area contributed by atoms with Gasteiger partial charge in [-0.1, -0.05) is 44.2 Å². The van der Waals surface area contributed by atoms with Crippen LogP contribution >= 0.6 is 0 Å². The smallest absolute Gasteiger partial charge is 0.0472 e. The Morgan fingerprint density at radius 1 is 1.05 bits per heavy atom. The van der Waals surface area contributed by atoms with Crippen LogP contribution in [0, 0.1) is 11.8 Å². The highest BCUT2D eigenvalue weighted by Crippen LogP contribution is 2.30. The highest BCUT2D eigenvalue weighted by atomic mass is 15.2. The fraction of sp³-hybridized carbons (Fsp3) is 0.684. The molecule has 21 heavy (non-hydrogen) atoms. The maximum absolute atomic E-state index is 3.74. The quantitative estimate of drug-likeness (QED) is 0.854. The zero-order chi connectivity index (χ0) is 14.7. The van der Waals surface area contributed by atoms with E-state index in [0.717, 1.165) is 24.4 Å². The van der Waals surface area contributed by atoms with E-state index < -0.39 is 0 Å². The minimum Gasteiger partial charge on any atom is -0.312 e. The Hall–Kier alpha value is -0.860. The predicted octanol–water partition coefficient (Wildman–Crippen LogP) is 3.85. The van der Waals surface area contributed by atoms with Gasteiger partial charge in [0.25, 0.3) is 0 Å². The van der Waals surface area contributed by atoms with Gasteiger partial charge in [-0.3, -0.25) is 4.90 Å². The molecular weight excluding hydrogens is 256 g/mol. The summed E-state index contributed by atoms with van der Waals surface area (Å²) in [4.78, 5) is 2.71. The minimum absolute atomic E-state index is 0.555. The van der Waals surface area contributed by atoms with Gasteiger partial charge in [0.05, 0.1) is 0 Å². The molecule has 1 saturated heterocycles. The van der Waals surface area contributed by atoms with Gasteiger partial charge in [-0.2, -0.15) is 0 Å². The zero-order valence-electron chi connectivity index (χ0n) is 13.6. The average molecular weight is 286 g/mol. The van der Waals surface area contributed by atoms with Crippen LogP contribution in [0.4, 0.5) is 0 Å². The molecule has 0 amide bonds. The standard InChI is InChI=1S/C19H30N2/c1-15(2)16-10-12-21(13-11-16)19(14-20-18-8-9-18)17-6-4-3-5-7-17/h3-7,15-16,18-20H,8-14H2,1-2H3. The molecule has 1 aromatic rings. The molecule has 0 spiro atoms. The second-order valence-corrected chi connectivity index (χ2v) is 7.23. The first-order chi connectivity index (χ1) is 10.2. The number of rotatable bonds is 6. The third-order valence-electron chi connectivity index (χ3n) is 5.32. The van der Waals surface area contributed by atoms with Crippen molar-refractivity contribution >= 4 is 0 Å². The summed E-state index contributed by atoms with van der Waals surface area (Å²) in [7, 11) is 0. The van der Waals surface area contributed by atoms with Crippen molar-refractivity contribution < 1.29 is 0 Å². The molecule has 116 valence electrons. The zero-order valence-corrected chi connectivity index (χ0v) is 13.6. The first-order valence-electron chi connectivity index (χ1n) is 8.76. The fourth-order valence-corrected chi connectivity index (χ4v) is 3.60. The van der Waals surface area contributed by atoms with Crippen LogP contribution < -0.4 is 5.32 Å². The van der Waals surface area contributed by atoms with E-state index in [-0.39, 0.29) is 0 Å². The SMILES string of the molecule is CC(C)C1CCN(C(CNC2CC2)c2ccccc2)CC1. The summed E-state index contributed by atoms with van der Waals surface area (Å²) in [6.07, 6.45) is 5.47. The number of piperidine rings is 1. The molecule has 0 bridgehead atoms. The van der Waals surface area contributed by atoms with Crippen LogP contribution in [0.5, 0.6) is 0 Å². The summed E-state index contributed by atoms with van der Waals surface area (Å²) >= 11 is 0. The average Bonchev–Trinajstić information content (AvgIpc) is 3.33. The summed E-state index contributed by atoms with van der Waals surface area (Å²) in [6.45, 7) is 8.39. The summed E-state index contributed by atoms with van der Waals surface area (Å²) < 4.78 is 0. The fourth-order valence-electron chi connectivity index (χ4n) is 3.60.